The van der Waals surface area contributed by atoms with Crippen molar-refractivity contribution in [1.29, 1.82) is 0 Å². The highest BCUT2D eigenvalue weighted by Gasteiger charge is 2.37. The first-order valence-electron chi connectivity index (χ1n) is 7.42. The lowest BCUT2D eigenvalue weighted by molar-refractivity contribution is -0.0674. The number of halogens is 1. The molecule has 0 bridgehead atoms. The summed E-state index contributed by atoms with van der Waals surface area (Å²) in [6, 6.07) is 4.03. The highest BCUT2D eigenvalue weighted by molar-refractivity contribution is 5.74. The summed E-state index contributed by atoms with van der Waals surface area (Å²) in [4.78, 5) is 12.0. The molecule has 0 unspecified atom stereocenters. The summed E-state index contributed by atoms with van der Waals surface area (Å²) < 4.78 is 23.8. The van der Waals surface area contributed by atoms with Crippen LogP contribution in [0, 0.1) is 5.82 Å². The SMILES string of the molecule is COc1cc([C@H](C)NC(=O)NCC2(OC)CCC2)ccc1F. The van der Waals surface area contributed by atoms with E-state index in [1.165, 1.54) is 13.2 Å². The van der Waals surface area contributed by atoms with Crippen LogP contribution >= 0.6 is 0 Å². The second-order valence-electron chi connectivity index (χ2n) is 5.68. The van der Waals surface area contributed by atoms with Gasteiger partial charge in [0.05, 0.1) is 18.8 Å². The van der Waals surface area contributed by atoms with Crippen molar-refractivity contribution in [3.05, 3.63) is 29.6 Å². The lowest BCUT2D eigenvalue weighted by Crippen LogP contribution is -2.51. The van der Waals surface area contributed by atoms with Gasteiger partial charge in [-0.1, -0.05) is 6.07 Å². The third-order valence-corrected chi connectivity index (χ3v) is 4.29. The molecule has 0 saturated heterocycles. The maximum absolute atomic E-state index is 13.4. The summed E-state index contributed by atoms with van der Waals surface area (Å²) in [7, 11) is 3.09. The van der Waals surface area contributed by atoms with Crippen LogP contribution in [0.25, 0.3) is 0 Å². The van der Waals surface area contributed by atoms with Crippen LogP contribution in [0.3, 0.4) is 0 Å². The van der Waals surface area contributed by atoms with Crippen molar-refractivity contribution < 1.29 is 18.7 Å². The molecule has 0 radical (unpaired) electrons. The van der Waals surface area contributed by atoms with Crippen LogP contribution in [0.2, 0.25) is 0 Å². The van der Waals surface area contributed by atoms with E-state index in [9.17, 15) is 9.18 Å². The second kappa shape index (κ2) is 6.96. The first-order valence-corrected chi connectivity index (χ1v) is 7.42. The van der Waals surface area contributed by atoms with E-state index in [-0.39, 0.29) is 23.4 Å². The molecule has 1 aliphatic rings. The van der Waals surface area contributed by atoms with Gasteiger partial charge in [0.2, 0.25) is 0 Å². The molecule has 122 valence electrons. The summed E-state index contributed by atoms with van der Waals surface area (Å²) in [5.74, 6) is -0.255. The molecule has 2 rings (SSSR count). The molecule has 2 N–H and O–H groups in total. The van der Waals surface area contributed by atoms with Crippen LogP contribution in [0.4, 0.5) is 9.18 Å². The predicted molar refractivity (Wildman–Crippen MR) is 81.5 cm³/mol. The minimum Gasteiger partial charge on any atom is -0.494 e. The number of hydrogen-bond acceptors (Lipinski definition) is 3. The van der Waals surface area contributed by atoms with Gasteiger partial charge in [-0.05, 0) is 43.9 Å². The molecule has 1 aromatic rings. The van der Waals surface area contributed by atoms with Crippen molar-refractivity contribution in [3.63, 3.8) is 0 Å². The van der Waals surface area contributed by atoms with Crippen LogP contribution in [-0.4, -0.2) is 32.4 Å². The maximum atomic E-state index is 13.4. The largest absolute Gasteiger partial charge is 0.494 e. The number of amides is 2. The van der Waals surface area contributed by atoms with Crippen molar-refractivity contribution in [2.75, 3.05) is 20.8 Å². The van der Waals surface area contributed by atoms with E-state index >= 15 is 0 Å². The molecule has 0 heterocycles. The number of benzene rings is 1. The Kier molecular flexibility index (Phi) is 5.24. The number of ether oxygens (including phenoxy) is 2. The van der Waals surface area contributed by atoms with Gasteiger partial charge >= 0.3 is 6.03 Å². The van der Waals surface area contributed by atoms with Gasteiger partial charge in [0.25, 0.3) is 0 Å². The summed E-state index contributed by atoms with van der Waals surface area (Å²) in [5, 5.41) is 5.66. The van der Waals surface area contributed by atoms with Crippen molar-refractivity contribution in [2.24, 2.45) is 0 Å². The highest BCUT2D eigenvalue weighted by Crippen LogP contribution is 2.34. The Morgan fingerprint density at radius 1 is 1.41 bits per heavy atom. The van der Waals surface area contributed by atoms with E-state index in [2.05, 4.69) is 10.6 Å². The molecule has 6 heteroatoms. The topological polar surface area (TPSA) is 59.6 Å². The van der Waals surface area contributed by atoms with Crippen molar-refractivity contribution >= 4 is 6.03 Å². The maximum Gasteiger partial charge on any atom is 0.315 e. The standard InChI is InChI=1S/C16H23FN2O3/c1-11(12-5-6-13(17)14(9-12)21-2)19-15(20)18-10-16(22-3)7-4-8-16/h5-6,9,11H,4,7-8,10H2,1-3H3,(H2,18,19,20)/t11-/m0/s1. The quantitative estimate of drug-likeness (QED) is 0.849. The fraction of sp³-hybridized carbons (Fsp3) is 0.562. The van der Waals surface area contributed by atoms with Gasteiger partial charge < -0.3 is 20.1 Å². The average Bonchev–Trinajstić information content (AvgIpc) is 2.47. The molecule has 1 atom stereocenters. The van der Waals surface area contributed by atoms with E-state index in [1.54, 1.807) is 19.2 Å². The summed E-state index contributed by atoms with van der Waals surface area (Å²) >= 11 is 0. The molecular formula is C16H23FN2O3. The number of nitrogens with one attached hydrogen (secondary N) is 2. The fourth-order valence-corrected chi connectivity index (χ4v) is 2.54. The van der Waals surface area contributed by atoms with Crippen LogP contribution in [0.1, 0.15) is 37.8 Å². The zero-order valence-electron chi connectivity index (χ0n) is 13.2. The molecule has 5 nitrogen and oxygen atoms in total. The number of carbonyl (C=O) groups excluding carboxylic acids is 1. The summed E-state index contributed by atoms with van der Waals surface area (Å²) in [5.41, 5.74) is 0.568. The predicted octanol–water partition coefficient (Wildman–Crippen LogP) is 2.76. The third-order valence-electron chi connectivity index (χ3n) is 4.29. The van der Waals surface area contributed by atoms with Gasteiger partial charge in [0, 0.05) is 13.7 Å². The average molecular weight is 310 g/mol. The molecule has 2 amide bonds. The molecule has 1 fully saturated rings. The summed E-state index contributed by atoms with van der Waals surface area (Å²) in [6.07, 6.45) is 3.06. The van der Waals surface area contributed by atoms with Crippen LogP contribution in [-0.2, 0) is 4.74 Å². The lowest BCUT2D eigenvalue weighted by atomic mass is 9.80. The van der Waals surface area contributed by atoms with Crippen molar-refractivity contribution in [2.45, 2.75) is 37.8 Å². The van der Waals surface area contributed by atoms with Crippen LogP contribution < -0.4 is 15.4 Å². The molecule has 1 saturated carbocycles. The van der Waals surface area contributed by atoms with Crippen LogP contribution in [0.5, 0.6) is 5.75 Å². The highest BCUT2D eigenvalue weighted by atomic mass is 19.1. The lowest BCUT2D eigenvalue weighted by Gasteiger charge is -2.40. The molecule has 0 aliphatic heterocycles. The number of urea groups is 1. The van der Waals surface area contributed by atoms with E-state index in [4.69, 9.17) is 9.47 Å². The summed E-state index contributed by atoms with van der Waals surface area (Å²) in [6.45, 7) is 2.33. The Balaban J connectivity index is 1.88. The Labute approximate surface area is 130 Å². The van der Waals surface area contributed by atoms with Gasteiger partial charge in [0.15, 0.2) is 11.6 Å². The van der Waals surface area contributed by atoms with Crippen molar-refractivity contribution in [1.82, 2.24) is 10.6 Å². The Bertz CT molecular complexity index is 527. The smallest absolute Gasteiger partial charge is 0.315 e. The Hall–Kier alpha value is -1.82. The fourth-order valence-electron chi connectivity index (χ4n) is 2.54. The Morgan fingerprint density at radius 2 is 2.14 bits per heavy atom. The van der Waals surface area contributed by atoms with Gasteiger partial charge in [-0.2, -0.15) is 0 Å². The third kappa shape index (κ3) is 3.68. The number of rotatable bonds is 6. The Morgan fingerprint density at radius 3 is 2.68 bits per heavy atom. The van der Waals surface area contributed by atoms with E-state index in [0.29, 0.717) is 6.54 Å². The molecule has 0 aromatic heterocycles. The van der Waals surface area contributed by atoms with E-state index < -0.39 is 5.82 Å². The van der Waals surface area contributed by atoms with Gasteiger partial charge in [-0.25, -0.2) is 9.18 Å². The normalized spacial score (nSPS) is 17.3. The number of hydrogen-bond donors (Lipinski definition) is 2. The first kappa shape index (κ1) is 16.5. The molecule has 0 spiro atoms. The monoisotopic (exact) mass is 310 g/mol. The van der Waals surface area contributed by atoms with Gasteiger partial charge in [-0.15, -0.1) is 0 Å². The van der Waals surface area contributed by atoms with Crippen LogP contribution in [0.15, 0.2) is 18.2 Å². The molecule has 1 aromatic carbocycles. The molecule has 22 heavy (non-hydrogen) atoms. The van der Waals surface area contributed by atoms with Crippen molar-refractivity contribution in [3.8, 4) is 5.75 Å². The second-order valence-corrected chi connectivity index (χ2v) is 5.68. The minimum absolute atomic E-state index is 0.166. The van der Waals surface area contributed by atoms with E-state index in [1.807, 2.05) is 6.92 Å². The minimum atomic E-state index is -0.421. The zero-order valence-corrected chi connectivity index (χ0v) is 13.2. The number of carbonyl (C=O) groups is 1. The first-order chi connectivity index (χ1) is 10.5. The molecule has 1 aliphatic carbocycles. The number of methoxy groups -OCH3 is 2. The van der Waals surface area contributed by atoms with Gasteiger partial charge in [0.1, 0.15) is 0 Å². The van der Waals surface area contributed by atoms with Gasteiger partial charge in [-0.3, -0.25) is 0 Å². The molecular weight excluding hydrogens is 287 g/mol. The van der Waals surface area contributed by atoms with E-state index in [0.717, 1.165) is 24.8 Å². The zero-order chi connectivity index (χ0) is 16.2.